The zero-order valence-electron chi connectivity index (χ0n) is 8.94. The number of esters is 1. The lowest BCUT2D eigenvalue weighted by Gasteiger charge is -2.08. The molecule has 0 amide bonds. The minimum Gasteiger partial charge on any atom is -0.461 e. The molecule has 0 fully saturated rings. The Bertz CT molecular complexity index is 394. The Balaban J connectivity index is 2.43. The maximum atomic E-state index is 12.6. The highest BCUT2D eigenvalue weighted by Crippen LogP contribution is 2.08. The van der Waals surface area contributed by atoms with Crippen LogP contribution in [0.3, 0.4) is 0 Å². The molecule has 0 spiro atoms. The molecule has 0 bridgehead atoms. The molecule has 0 saturated heterocycles. The van der Waals surface area contributed by atoms with Crippen molar-refractivity contribution in [2.75, 3.05) is 0 Å². The Labute approximate surface area is 93.5 Å². The van der Waals surface area contributed by atoms with Crippen LogP contribution in [-0.2, 0) is 16.1 Å². The van der Waals surface area contributed by atoms with Crippen LogP contribution in [0.25, 0.3) is 0 Å². The lowest BCUT2D eigenvalue weighted by Crippen LogP contribution is -2.14. The van der Waals surface area contributed by atoms with Crippen molar-refractivity contribution in [3.8, 4) is 6.07 Å². The summed E-state index contributed by atoms with van der Waals surface area (Å²) in [5.41, 5.74) is 0.721. The Morgan fingerprint density at radius 1 is 1.50 bits per heavy atom. The van der Waals surface area contributed by atoms with E-state index in [4.69, 9.17) is 10.00 Å². The summed E-state index contributed by atoms with van der Waals surface area (Å²) in [7, 11) is 0. The summed E-state index contributed by atoms with van der Waals surface area (Å²) in [6, 6.07) is 7.62. The molecule has 0 saturated carbocycles. The SMILES string of the molecule is CC(CC#N)C(=O)OCc1ccc(F)cc1. The van der Waals surface area contributed by atoms with Gasteiger partial charge in [-0.15, -0.1) is 0 Å². The average molecular weight is 221 g/mol. The molecule has 1 unspecified atom stereocenters. The van der Waals surface area contributed by atoms with Crippen molar-refractivity contribution in [1.82, 2.24) is 0 Å². The van der Waals surface area contributed by atoms with Crippen LogP contribution in [0.4, 0.5) is 4.39 Å². The van der Waals surface area contributed by atoms with Crippen LogP contribution in [0.15, 0.2) is 24.3 Å². The lowest BCUT2D eigenvalue weighted by molar-refractivity contribution is -0.149. The van der Waals surface area contributed by atoms with Gasteiger partial charge >= 0.3 is 5.97 Å². The van der Waals surface area contributed by atoms with Crippen molar-refractivity contribution >= 4 is 5.97 Å². The highest BCUT2D eigenvalue weighted by atomic mass is 19.1. The summed E-state index contributed by atoms with van der Waals surface area (Å²) in [6.45, 7) is 1.74. The highest BCUT2D eigenvalue weighted by Gasteiger charge is 2.13. The third kappa shape index (κ3) is 3.70. The molecule has 0 aliphatic rings. The molecule has 1 aromatic carbocycles. The molecule has 3 nitrogen and oxygen atoms in total. The van der Waals surface area contributed by atoms with Gasteiger partial charge in [0.25, 0.3) is 0 Å². The molecule has 0 radical (unpaired) electrons. The second-order valence-corrected chi connectivity index (χ2v) is 3.50. The number of hydrogen-bond acceptors (Lipinski definition) is 3. The van der Waals surface area contributed by atoms with E-state index < -0.39 is 11.9 Å². The standard InChI is InChI=1S/C12H12FNO2/c1-9(6-7-14)12(15)16-8-10-2-4-11(13)5-3-10/h2-5,9H,6,8H2,1H3. The zero-order chi connectivity index (χ0) is 12.0. The number of halogens is 1. The summed E-state index contributed by atoms with van der Waals surface area (Å²) in [5, 5.41) is 8.40. The van der Waals surface area contributed by atoms with Crippen molar-refractivity contribution in [1.29, 1.82) is 5.26 Å². The van der Waals surface area contributed by atoms with E-state index in [0.29, 0.717) is 0 Å². The fourth-order valence-electron chi connectivity index (χ4n) is 1.10. The number of nitriles is 1. The molecular formula is C12H12FNO2. The number of rotatable bonds is 4. The van der Waals surface area contributed by atoms with E-state index in [1.165, 1.54) is 12.1 Å². The first-order valence-corrected chi connectivity index (χ1v) is 4.91. The van der Waals surface area contributed by atoms with Crippen LogP contribution in [-0.4, -0.2) is 5.97 Å². The quantitative estimate of drug-likeness (QED) is 0.733. The van der Waals surface area contributed by atoms with Gasteiger partial charge in [-0.25, -0.2) is 4.39 Å². The minimum absolute atomic E-state index is 0.106. The number of nitrogens with zero attached hydrogens (tertiary/aromatic N) is 1. The normalized spacial score (nSPS) is 11.6. The molecule has 1 rings (SSSR count). The molecule has 0 aromatic heterocycles. The summed E-state index contributed by atoms with van der Waals surface area (Å²) in [6.07, 6.45) is 0.141. The number of ether oxygens (including phenoxy) is 1. The molecule has 0 aliphatic carbocycles. The highest BCUT2D eigenvalue weighted by molar-refractivity contribution is 5.72. The second-order valence-electron chi connectivity index (χ2n) is 3.50. The van der Waals surface area contributed by atoms with Gasteiger partial charge in [-0.05, 0) is 17.7 Å². The lowest BCUT2D eigenvalue weighted by atomic mass is 10.1. The fraction of sp³-hybridized carbons (Fsp3) is 0.333. The van der Waals surface area contributed by atoms with E-state index in [9.17, 15) is 9.18 Å². The molecule has 4 heteroatoms. The van der Waals surface area contributed by atoms with Gasteiger partial charge in [0.05, 0.1) is 12.0 Å². The van der Waals surface area contributed by atoms with Gasteiger partial charge in [0.1, 0.15) is 12.4 Å². The molecule has 1 atom stereocenters. The smallest absolute Gasteiger partial charge is 0.310 e. The average Bonchev–Trinajstić information content (AvgIpc) is 2.28. The van der Waals surface area contributed by atoms with Crippen molar-refractivity contribution in [2.45, 2.75) is 20.0 Å². The van der Waals surface area contributed by atoms with Crippen LogP contribution in [0, 0.1) is 23.1 Å². The number of hydrogen-bond donors (Lipinski definition) is 0. The van der Waals surface area contributed by atoms with E-state index in [1.807, 2.05) is 6.07 Å². The summed E-state index contributed by atoms with van der Waals surface area (Å²) in [4.78, 5) is 11.3. The van der Waals surface area contributed by atoms with Crippen molar-refractivity contribution in [2.24, 2.45) is 5.92 Å². The fourth-order valence-corrected chi connectivity index (χ4v) is 1.10. The molecular weight excluding hydrogens is 209 g/mol. The van der Waals surface area contributed by atoms with Gasteiger partial charge in [-0.1, -0.05) is 19.1 Å². The Morgan fingerprint density at radius 3 is 2.69 bits per heavy atom. The monoisotopic (exact) mass is 221 g/mol. The van der Waals surface area contributed by atoms with Crippen LogP contribution in [0.2, 0.25) is 0 Å². The second kappa shape index (κ2) is 5.86. The van der Waals surface area contributed by atoms with Crippen LogP contribution >= 0.6 is 0 Å². The van der Waals surface area contributed by atoms with E-state index in [0.717, 1.165) is 5.56 Å². The Kier molecular flexibility index (Phi) is 4.46. The Morgan fingerprint density at radius 2 is 2.12 bits per heavy atom. The van der Waals surface area contributed by atoms with Crippen molar-refractivity contribution < 1.29 is 13.9 Å². The molecule has 0 N–H and O–H groups in total. The molecule has 84 valence electrons. The summed E-state index contributed by atoms with van der Waals surface area (Å²) < 4.78 is 17.5. The molecule has 0 heterocycles. The van der Waals surface area contributed by atoms with Gasteiger partial charge in [0, 0.05) is 6.42 Å². The number of carbonyl (C=O) groups is 1. The van der Waals surface area contributed by atoms with Crippen molar-refractivity contribution in [3.63, 3.8) is 0 Å². The topological polar surface area (TPSA) is 50.1 Å². The first kappa shape index (κ1) is 12.2. The largest absolute Gasteiger partial charge is 0.461 e. The zero-order valence-corrected chi connectivity index (χ0v) is 8.94. The minimum atomic E-state index is -0.426. The van der Waals surface area contributed by atoms with Crippen LogP contribution in [0.5, 0.6) is 0 Å². The Hall–Kier alpha value is -1.89. The molecule has 1 aromatic rings. The predicted molar refractivity (Wildman–Crippen MR) is 55.6 cm³/mol. The first-order chi connectivity index (χ1) is 7.63. The van der Waals surface area contributed by atoms with Crippen LogP contribution in [0.1, 0.15) is 18.9 Å². The maximum Gasteiger partial charge on any atom is 0.310 e. The molecule has 16 heavy (non-hydrogen) atoms. The van der Waals surface area contributed by atoms with Crippen molar-refractivity contribution in [3.05, 3.63) is 35.6 Å². The summed E-state index contributed by atoms with van der Waals surface area (Å²) >= 11 is 0. The molecule has 0 aliphatic heterocycles. The van der Waals surface area contributed by atoms with Gasteiger partial charge in [0.2, 0.25) is 0 Å². The third-order valence-electron chi connectivity index (χ3n) is 2.09. The summed E-state index contributed by atoms with van der Waals surface area (Å²) in [5.74, 6) is -1.16. The van der Waals surface area contributed by atoms with Crippen LogP contribution < -0.4 is 0 Å². The van der Waals surface area contributed by atoms with E-state index in [-0.39, 0.29) is 18.8 Å². The van der Waals surface area contributed by atoms with E-state index in [1.54, 1.807) is 19.1 Å². The van der Waals surface area contributed by atoms with Gasteiger partial charge in [-0.3, -0.25) is 4.79 Å². The third-order valence-corrected chi connectivity index (χ3v) is 2.09. The van der Waals surface area contributed by atoms with E-state index >= 15 is 0 Å². The maximum absolute atomic E-state index is 12.6. The number of carbonyl (C=O) groups excluding carboxylic acids is 1. The number of benzene rings is 1. The predicted octanol–water partition coefficient (Wildman–Crippen LogP) is 2.42. The van der Waals surface area contributed by atoms with Gasteiger partial charge in [-0.2, -0.15) is 5.26 Å². The van der Waals surface area contributed by atoms with E-state index in [2.05, 4.69) is 0 Å². The van der Waals surface area contributed by atoms with Gasteiger partial charge in [0.15, 0.2) is 0 Å². The van der Waals surface area contributed by atoms with Gasteiger partial charge < -0.3 is 4.74 Å². The first-order valence-electron chi connectivity index (χ1n) is 4.91.